The topological polar surface area (TPSA) is 55.8 Å². The van der Waals surface area contributed by atoms with Crippen molar-refractivity contribution in [1.82, 2.24) is 0 Å². The SMILES string of the molecule is CCOc1ccc(C2=CCC(C3CCC(C(=O)Oc4ccc(-c5ccc(C(O)CC)c(F)c5F)c(F)c4F)CC3)CC2)c(F)c1F. The van der Waals surface area contributed by atoms with Crippen molar-refractivity contribution < 1.29 is 45.7 Å². The van der Waals surface area contributed by atoms with Gasteiger partial charge in [-0.1, -0.05) is 25.1 Å². The van der Waals surface area contributed by atoms with E-state index in [9.17, 15) is 31.9 Å². The van der Waals surface area contributed by atoms with E-state index in [0.29, 0.717) is 37.5 Å². The van der Waals surface area contributed by atoms with E-state index in [-0.39, 0.29) is 29.9 Å². The van der Waals surface area contributed by atoms with Gasteiger partial charge in [0.1, 0.15) is 0 Å². The van der Waals surface area contributed by atoms with Crippen molar-refractivity contribution in [2.75, 3.05) is 6.61 Å². The Balaban J connectivity index is 1.18. The van der Waals surface area contributed by atoms with Crippen molar-refractivity contribution >= 4 is 11.5 Å². The molecule has 246 valence electrons. The third-order valence-corrected chi connectivity index (χ3v) is 9.32. The van der Waals surface area contributed by atoms with Gasteiger partial charge in [0.2, 0.25) is 11.6 Å². The van der Waals surface area contributed by atoms with Gasteiger partial charge in [0, 0.05) is 22.3 Å². The molecule has 0 bridgehead atoms. The Morgan fingerprint density at radius 3 is 1.96 bits per heavy atom. The first-order valence-corrected chi connectivity index (χ1v) is 15.7. The highest BCUT2D eigenvalue weighted by Crippen LogP contribution is 2.43. The lowest BCUT2D eigenvalue weighted by Gasteiger charge is -2.35. The fourth-order valence-corrected chi connectivity index (χ4v) is 6.66. The van der Waals surface area contributed by atoms with Crippen LogP contribution in [0.15, 0.2) is 42.5 Å². The standard InChI is InChI=1S/C36H36F6O4/c1-3-27(43)26-14-13-24(31(38)33(26)40)25-16-18-29(35(42)32(25)39)46-36(44)22-11-7-20(8-12-22)19-5-9-21(10-6-19)23-15-17-28(45-4-2)34(41)30(23)37/h9,13-20,22,27,43H,3-8,10-12H2,1-2H3. The minimum atomic E-state index is -1.49. The molecular formula is C36H36F6O4. The highest BCUT2D eigenvalue weighted by Gasteiger charge is 2.34. The summed E-state index contributed by atoms with van der Waals surface area (Å²) in [5.74, 6) is -8.99. The molecule has 10 heteroatoms. The Morgan fingerprint density at radius 2 is 1.33 bits per heavy atom. The molecule has 46 heavy (non-hydrogen) atoms. The van der Waals surface area contributed by atoms with Crippen molar-refractivity contribution in [2.45, 2.75) is 71.3 Å². The number of carbonyl (C=O) groups excluding carboxylic acids is 1. The van der Waals surface area contributed by atoms with Crippen LogP contribution in [-0.4, -0.2) is 17.7 Å². The molecule has 2 aliphatic carbocycles. The minimum Gasteiger partial charge on any atom is -0.491 e. The third kappa shape index (κ3) is 6.68. The van der Waals surface area contributed by atoms with Crippen molar-refractivity contribution in [3.05, 3.63) is 88.5 Å². The molecule has 4 nitrogen and oxygen atoms in total. The fraction of sp³-hybridized carbons (Fsp3) is 0.417. The number of aliphatic hydroxyl groups is 1. The van der Waals surface area contributed by atoms with Crippen LogP contribution in [0.1, 0.15) is 82.4 Å². The van der Waals surface area contributed by atoms with E-state index in [0.717, 1.165) is 49.1 Å². The van der Waals surface area contributed by atoms with Gasteiger partial charge in [0.25, 0.3) is 0 Å². The summed E-state index contributed by atoms with van der Waals surface area (Å²) in [5, 5.41) is 9.87. The summed E-state index contributed by atoms with van der Waals surface area (Å²) < 4.78 is 98.7. The lowest BCUT2D eigenvalue weighted by atomic mass is 9.71. The van der Waals surface area contributed by atoms with Crippen LogP contribution >= 0.6 is 0 Å². The summed E-state index contributed by atoms with van der Waals surface area (Å²) in [7, 11) is 0. The van der Waals surface area contributed by atoms with Crippen LogP contribution in [0.3, 0.4) is 0 Å². The molecule has 3 aromatic carbocycles. The smallest absolute Gasteiger partial charge is 0.314 e. The molecule has 2 atom stereocenters. The molecule has 5 rings (SSSR count). The van der Waals surface area contributed by atoms with Crippen LogP contribution in [0.2, 0.25) is 0 Å². The Kier molecular flexibility index (Phi) is 10.5. The molecule has 0 aliphatic heterocycles. The quantitative estimate of drug-likeness (QED) is 0.143. The average Bonchev–Trinajstić information content (AvgIpc) is 3.07. The van der Waals surface area contributed by atoms with E-state index in [1.807, 2.05) is 6.08 Å². The zero-order valence-electron chi connectivity index (χ0n) is 25.7. The minimum absolute atomic E-state index is 0.111. The Bertz CT molecular complexity index is 1630. The Morgan fingerprint density at radius 1 is 0.739 bits per heavy atom. The van der Waals surface area contributed by atoms with Gasteiger partial charge in [-0.2, -0.15) is 8.78 Å². The molecule has 0 saturated heterocycles. The molecule has 0 spiro atoms. The van der Waals surface area contributed by atoms with E-state index in [1.54, 1.807) is 19.9 Å². The highest BCUT2D eigenvalue weighted by molar-refractivity contribution is 5.76. The second-order valence-electron chi connectivity index (χ2n) is 12.0. The monoisotopic (exact) mass is 646 g/mol. The second-order valence-corrected chi connectivity index (χ2v) is 12.0. The summed E-state index contributed by atoms with van der Waals surface area (Å²) in [6, 6.07) is 7.20. The van der Waals surface area contributed by atoms with Crippen LogP contribution < -0.4 is 9.47 Å². The first-order chi connectivity index (χ1) is 22.0. The number of halogens is 6. The van der Waals surface area contributed by atoms with Gasteiger partial charge >= 0.3 is 5.97 Å². The number of aliphatic hydroxyl groups excluding tert-OH is 1. The molecule has 3 aromatic rings. The molecule has 1 N–H and O–H groups in total. The van der Waals surface area contributed by atoms with Gasteiger partial charge in [-0.05, 0) is 100.0 Å². The van der Waals surface area contributed by atoms with E-state index < -0.39 is 69.8 Å². The summed E-state index contributed by atoms with van der Waals surface area (Å²) in [6.07, 6.45) is 5.38. The van der Waals surface area contributed by atoms with Gasteiger partial charge in [-0.25, -0.2) is 17.6 Å². The molecule has 2 aliphatic rings. The highest BCUT2D eigenvalue weighted by atomic mass is 19.2. The number of carbonyl (C=O) groups is 1. The number of benzene rings is 3. The van der Waals surface area contributed by atoms with Crippen molar-refractivity contribution in [1.29, 1.82) is 0 Å². The summed E-state index contributed by atoms with van der Waals surface area (Å²) in [6.45, 7) is 3.51. The number of allylic oxidation sites excluding steroid dienone is 2. The number of hydrogen-bond donors (Lipinski definition) is 1. The van der Waals surface area contributed by atoms with E-state index in [4.69, 9.17) is 9.47 Å². The van der Waals surface area contributed by atoms with Crippen LogP contribution in [-0.2, 0) is 4.79 Å². The number of esters is 1. The number of rotatable bonds is 9. The van der Waals surface area contributed by atoms with Crippen molar-refractivity contribution in [3.63, 3.8) is 0 Å². The zero-order chi connectivity index (χ0) is 33.1. The normalized spacial score (nSPS) is 20.6. The van der Waals surface area contributed by atoms with Crippen LogP contribution in [0.25, 0.3) is 16.7 Å². The first-order valence-electron chi connectivity index (χ1n) is 15.7. The molecule has 1 fully saturated rings. The van der Waals surface area contributed by atoms with E-state index in [2.05, 4.69) is 0 Å². The lowest BCUT2D eigenvalue weighted by molar-refractivity contribution is -0.140. The van der Waals surface area contributed by atoms with Crippen LogP contribution in [0, 0.1) is 52.7 Å². The lowest BCUT2D eigenvalue weighted by Crippen LogP contribution is -2.29. The maximum absolute atomic E-state index is 15.0. The van der Waals surface area contributed by atoms with Crippen molar-refractivity contribution in [3.8, 4) is 22.6 Å². The van der Waals surface area contributed by atoms with Gasteiger partial charge < -0.3 is 14.6 Å². The molecular weight excluding hydrogens is 610 g/mol. The fourth-order valence-electron chi connectivity index (χ4n) is 6.66. The largest absolute Gasteiger partial charge is 0.491 e. The summed E-state index contributed by atoms with van der Waals surface area (Å²) in [4.78, 5) is 12.9. The van der Waals surface area contributed by atoms with Gasteiger partial charge in [-0.15, -0.1) is 0 Å². The predicted molar refractivity (Wildman–Crippen MR) is 161 cm³/mol. The molecule has 0 aromatic heterocycles. The summed E-state index contributed by atoms with van der Waals surface area (Å²) in [5.41, 5.74) is -0.367. The van der Waals surface area contributed by atoms with Gasteiger partial charge in [0.05, 0.1) is 18.6 Å². The Hall–Kier alpha value is -3.79. The van der Waals surface area contributed by atoms with Gasteiger partial charge in [0.15, 0.2) is 34.8 Å². The number of ether oxygens (including phenoxy) is 2. The maximum atomic E-state index is 15.0. The zero-order valence-corrected chi connectivity index (χ0v) is 25.7. The average molecular weight is 647 g/mol. The maximum Gasteiger partial charge on any atom is 0.314 e. The Labute approximate surface area is 264 Å². The third-order valence-electron chi connectivity index (χ3n) is 9.32. The predicted octanol–water partition coefficient (Wildman–Crippen LogP) is 9.63. The second kappa shape index (κ2) is 14.3. The van der Waals surface area contributed by atoms with Crippen molar-refractivity contribution in [2.24, 2.45) is 17.8 Å². The number of hydrogen-bond acceptors (Lipinski definition) is 4. The molecule has 0 heterocycles. The molecule has 0 radical (unpaired) electrons. The summed E-state index contributed by atoms with van der Waals surface area (Å²) >= 11 is 0. The van der Waals surface area contributed by atoms with Crippen LogP contribution in [0.4, 0.5) is 26.3 Å². The van der Waals surface area contributed by atoms with Gasteiger partial charge in [-0.3, -0.25) is 4.79 Å². The van der Waals surface area contributed by atoms with E-state index >= 15 is 4.39 Å². The van der Waals surface area contributed by atoms with E-state index in [1.165, 1.54) is 6.07 Å². The van der Waals surface area contributed by atoms with Crippen LogP contribution in [0.5, 0.6) is 11.5 Å². The molecule has 0 amide bonds. The molecule has 2 unspecified atom stereocenters. The first kappa shape index (κ1) is 33.6. The molecule has 1 saturated carbocycles.